The van der Waals surface area contributed by atoms with Crippen LogP contribution in [-0.2, 0) is 16.0 Å². The first kappa shape index (κ1) is 13.6. The van der Waals surface area contributed by atoms with Crippen molar-refractivity contribution in [3.63, 3.8) is 0 Å². The molecule has 0 saturated heterocycles. The van der Waals surface area contributed by atoms with E-state index in [-0.39, 0.29) is 12.6 Å². The summed E-state index contributed by atoms with van der Waals surface area (Å²) in [6.07, 6.45) is 6.08. The molecule has 0 amide bonds. The van der Waals surface area contributed by atoms with Gasteiger partial charge in [0.05, 0.1) is 25.8 Å². The van der Waals surface area contributed by atoms with Crippen LogP contribution in [0.25, 0.3) is 0 Å². The number of carbonyl (C=O) groups is 1. The molecule has 0 spiro atoms. The summed E-state index contributed by atoms with van der Waals surface area (Å²) in [7, 11) is 0. The van der Waals surface area contributed by atoms with E-state index in [1.807, 2.05) is 18.2 Å². The zero-order valence-corrected chi connectivity index (χ0v) is 10.7. The van der Waals surface area contributed by atoms with Crippen molar-refractivity contribution in [2.45, 2.75) is 12.5 Å². The minimum atomic E-state index is -0.876. The summed E-state index contributed by atoms with van der Waals surface area (Å²) < 4.78 is 5.76. The fourth-order valence-electron chi connectivity index (χ4n) is 2.37. The molecule has 0 aromatic heterocycles. The number of carboxylic acids is 1. The SMILES string of the molecule is C#CCN(CC(=O)O)CC1OCCc2ccccc21. The maximum Gasteiger partial charge on any atom is 0.317 e. The molecule has 1 aliphatic heterocycles. The molecule has 0 bridgehead atoms. The van der Waals surface area contributed by atoms with Crippen molar-refractivity contribution >= 4 is 5.97 Å². The van der Waals surface area contributed by atoms with E-state index in [1.54, 1.807) is 4.90 Å². The minimum absolute atomic E-state index is 0.0633. The molecule has 1 aromatic rings. The van der Waals surface area contributed by atoms with Gasteiger partial charge < -0.3 is 9.84 Å². The van der Waals surface area contributed by atoms with Gasteiger partial charge in [0.2, 0.25) is 0 Å². The Kier molecular flexibility index (Phi) is 4.56. The summed E-state index contributed by atoms with van der Waals surface area (Å²) >= 11 is 0. The predicted octanol–water partition coefficient (Wildman–Crippen LogP) is 1.32. The highest BCUT2D eigenvalue weighted by atomic mass is 16.5. The van der Waals surface area contributed by atoms with Crippen molar-refractivity contribution in [3.05, 3.63) is 35.4 Å². The molecule has 1 heterocycles. The summed E-state index contributed by atoms with van der Waals surface area (Å²) in [6.45, 7) is 1.42. The van der Waals surface area contributed by atoms with Crippen LogP contribution >= 0.6 is 0 Å². The van der Waals surface area contributed by atoms with Gasteiger partial charge in [-0.15, -0.1) is 6.42 Å². The molecule has 1 unspecified atom stereocenters. The van der Waals surface area contributed by atoms with Crippen LogP contribution in [0.15, 0.2) is 24.3 Å². The highest BCUT2D eigenvalue weighted by molar-refractivity contribution is 5.69. The number of carboxylic acid groups (broad SMARTS) is 1. The third-order valence-electron chi connectivity index (χ3n) is 3.19. The summed E-state index contributed by atoms with van der Waals surface area (Å²) in [5.41, 5.74) is 2.41. The highest BCUT2D eigenvalue weighted by Gasteiger charge is 2.23. The van der Waals surface area contributed by atoms with Crippen molar-refractivity contribution in [2.24, 2.45) is 0 Å². The second kappa shape index (κ2) is 6.37. The van der Waals surface area contributed by atoms with Crippen molar-refractivity contribution in [1.29, 1.82) is 0 Å². The second-order valence-corrected chi connectivity index (χ2v) is 4.58. The lowest BCUT2D eigenvalue weighted by Gasteiger charge is -2.30. The molecule has 0 fully saturated rings. The average molecular weight is 259 g/mol. The molecule has 0 aliphatic carbocycles. The zero-order valence-electron chi connectivity index (χ0n) is 10.7. The average Bonchev–Trinajstić information content (AvgIpc) is 2.39. The Morgan fingerprint density at radius 3 is 3.05 bits per heavy atom. The summed E-state index contributed by atoms with van der Waals surface area (Å²) in [5, 5.41) is 8.88. The van der Waals surface area contributed by atoms with Gasteiger partial charge in [-0.25, -0.2) is 0 Å². The molecular weight excluding hydrogens is 242 g/mol. The van der Waals surface area contributed by atoms with E-state index in [0.717, 1.165) is 12.0 Å². The molecule has 1 aromatic carbocycles. The quantitative estimate of drug-likeness (QED) is 0.810. The summed E-state index contributed by atoms with van der Waals surface area (Å²) in [5.74, 6) is 1.62. The van der Waals surface area contributed by atoms with Crippen molar-refractivity contribution in [2.75, 3.05) is 26.2 Å². The monoisotopic (exact) mass is 259 g/mol. The lowest BCUT2D eigenvalue weighted by Crippen LogP contribution is -2.36. The van der Waals surface area contributed by atoms with Gasteiger partial charge in [0.25, 0.3) is 0 Å². The van der Waals surface area contributed by atoms with Gasteiger partial charge in [-0.2, -0.15) is 0 Å². The largest absolute Gasteiger partial charge is 0.480 e. The molecule has 1 atom stereocenters. The van der Waals surface area contributed by atoms with Crippen LogP contribution in [0.3, 0.4) is 0 Å². The first-order valence-electron chi connectivity index (χ1n) is 6.27. The molecule has 0 radical (unpaired) electrons. The first-order valence-corrected chi connectivity index (χ1v) is 6.27. The van der Waals surface area contributed by atoms with Crippen LogP contribution in [-0.4, -0.2) is 42.2 Å². The molecule has 1 aliphatic rings. The fourth-order valence-corrected chi connectivity index (χ4v) is 2.37. The van der Waals surface area contributed by atoms with Crippen molar-refractivity contribution in [1.82, 2.24) is 4.90 Å². The van der Waals surface area contributed by atoms with Crippen LogP contribution in [0.1, 0.15) is 17.2 Å². The minimum Gasteiger partial charge on any atom is -0.480 e. The predicted molar refractivity (Wildman–Crippen MR) is 71.7 cm³/mol. The second-order valence-electron chi connectivity index (χ2n) is 4.58. The Morgan fingerprint density at radius 2 is 2.32 bits per heavy atom. The molecule has 19 heavy (non-hydrogen) atoms. The molecular formula is C15H17NO3. The van der Waals surface area contributed by atoms with Gasteiger partial charge in [-0.3, -0.25) is 9.69 Å². The van der Waals surface area contributed by atoms with E-state index in [4.69, 9.17) is 16.3 Å². The molecule has 1 N–H and O–H groups in total. The number of rotatable bonds is 5. The third kappa shape index (κ3) is 3.57. The number of fused-ring (bicyclic) bond motifs is 1. The summed E-state index contributed by atoms with van der Waals surface area (Å²) in [6, 6.07) is 8.11. The lowest BCUT2D eigenvalue weighted by molar-refractivity contribution is -0.138. The van der Waals surface area contributed by atoms with Crippen LogP contribution in [0, 0.1) is 12.3 Å². The van der Waals surface area contributed by atoms with E-state index in [2.05, 4.69) is 12.0 Å². The molecule has 4 heteroatoms. The molecule has 100 valence electrons. The van der Waals surface area contributed by atoms with Gasteiger partial charge in [0.15, 0.2) is 0 Å². The van der Waals surface area contributed by atoms with Crippen LogP contribution in [0.5, 0.6) is 0 Å². The number of terminal acetylenes is 1. The lowest BCUT2D eigenvalue weighted by atomic mass is 9.97. The topological polar surface area (TPSA) is 49.8 Å². The van der Waals surface area contributed by atoms with Crippen LogP contribution in [0.2, 0.25) is 0 Å². The Labute approximate surface area is 113 Å². The van der Waals surface area contributed by atoms with E-state index < -0.39 is 5.97 Å². The van der Waals surface area contributed by atoms with E-state index in [9.17, 15) is 4.79 Å². The maximum absolute atomic E-state index is 10.8. The molecule has 2 rings (SSSR count). The number of nitrogens with zero attached hydrogens (tertiary/aromatic N) is 1. The van der Waals surface area contributed by atoms with Gasteiger partial charge in [-0.1, -0.05) is 30.2 Å². The highest BCUT2D eigenvalue weighted by Crippen LogP contribution is 2.27. The van der Waals surface area contributed by atoms with E-state index >= 15 is 0 Å². The normalized spacial score (nSPS) is 17.8. The maximum atomic E-state index is 10.8. The van der Waals surface area contributed by atoms with Gasteiger partial charge in [-0.05, 0) is 17.5 Å². The molecule has 0 saturated carbocycles. The van der Waals surface area contributed by atoms with Crippen LogP contribution in [0.4, 0.5) is 0 Å². The smallest absolute Gasteiger partial charge is 0.317 e. The van der Waals surface area contributed by atoms with Crippen LogP contribution < -0.4 is 0 Å². The Morgan fingerprint density at radius 1 is 1.53 bits per heavy atom. The zero-order chi connectivity index (χ0) is 13.7. The fraction of sp³-hybridized carbons (Fsp3) is 0.400. The number of ether oxygens (including phenoxy) is 1. The Hall–Kier alpha value is -1.83. The summed E-state index contributed by atoms with van der Waals surface area (Å²) in [4.78, 5) is 12.5. The number of hydrogen-bond donors (Lipinski definition) is 1. The number of benzene rings is 1. The van der Waals surface area contributed by atoms with Crippen molar-refractivity contribution < 1.29 is 14.6 Å². The third-order valence-corrected chi connectivity index (χ3v) is 3.19. The Balaban J connectivity index is 2.10. The van der Waals surface area contributed by atoms with Gasteiger partial charge in [0, 0.05) is 6.54 Å². The number of aliphatic carboxylic acids is 1. The van der Waals surface area contributed by atoms with E-state index in [0.29, 0.717) is 19.7 Å². The standard InChI is InChI=1S/C15H17NO3/c1-2-8-16(11-15(17)18)10-14-13-6-4-3-5-12(13)7-9-19-14/h1,3-6,14H,7-11H2,(H,17,18). The number of hydrogen-bond acceptors (Lipinski definition) is 3. The van der Waals surface area contributed by atoms with Gasteiger partial charge in [0.1, 0.15) is 0 Å². The molecule has 4 nitrogen and oxygen atoms in total. The van der Waals surface area contributed by atoms with Crippen molar-refractivity contribution in [3.8, 4) is 12.3 Å². The first-order chi connectivity index (χ1) is 9.20. The van der Waals surface area contributed by atoms with E-state index in [1.165, 1.54) is 5.56 Å². The Bertz CT molecular complexity index is 492. The van der Waals surface area contributed by atoms with Gasteiger partial charge >= 0.3 is 5.97 Å².